The van der Waals surface area contributed by atoms with Gasteiger partial charge in [0.1, 0.15) is 28.4 Å². The van der Waals surface area contributed by atoms with Gasteiger partial charge in [-0.25, -0.2) is 13.8 Å². The molecule has 0 aliphatic carbocycles. The van der Waals surface area contributed by atoms with Gasteiger partial charge in [-0.15, -0.1) is 0 Å². The SMILES string of the molecule is CC(C)c1nn2c(C#N)c(-c3cc(F)ccc3F)nc2s1. The second kappa shape index (κ2) is 4.90. The van der Waals surface area contributed by atoms with E-state index in [0.29, 0.717) is 4.96 Å². The number of halogens is 2. The zero-order valence-corrected chi connectivity index (χ0v) is 12.1. The highest BCUT2D eigenvalue weighted by molar-refractivity contribution is 7.16. The summed E-state index contributed by atoms with van der Waals surface area (Å²) in [6, 6.07) is 5.05. The first-order valence-electron chi connectivity index (χ1n) is 6.26. The number of nitriles is 1. The standard InChI is InChI=1S/C14H10F2N4S/c1-7(2)13-19-20-11(6-17)12(18-14(20)21-13)9-5-8(15)3-4-10(9)16/h3-5,7H,1-2H3. The molecule has 0 aliphatic rings. The lowest BCUT2D eigenvalue weighted by molar-refractivity contribution is 0.602. The van der Waals surface area contributed by atoms with E-state index < -0.39 is 11.6 Å². The normalized spacial score (nSPS) is 11.2. The van der Waals surface area contributed by atoms with Crippen LogP contribution in [-0.2, 0) is 0 Å². The number of rotatable bonds is 2. The Hall–Kier alpha value is -2.33. The van der Waals surface area contributed by atoms with Crippen molar-refractivity contribution < 1.29 is 8.78 Å². The fourth-order valence-corrected chi connectivity index (χ4v) is 2.86. The van der Waals surface area contributed by atoms with Gasteiger partial charge >= 0.3 is 0 Å². The molecule has 3 rings (SSSR count). The van der Waals surface area contributed by atoms with Gasteiger partial charge in [-0.05, 0) is 18.2 Å². The number of imidazole rings is 1. The lowest BCUT2D eigenvalue weighted by Gasteiger charge is -2.00. The monoisotopic (exact) mass is 304 g/mol. The Morgan fingerprint density at radius 1 is 1.33 bits per heavy atom. The third-order valence-corrected chi connectivity index (χ3v) is 4.21. The Morgan fingerprint density at radius 3 is 2.76 bits per heavy atom. The predicted octanol–water partition coefficient (Wildman–Crippen LogP) is 3.73. The van der Waals surface area contributed by atoms with Crippen LogP contribution in [0.4, 0.5) is 8.78 Å². The van der Waals surface area contributed by atoms with Crippen LogP contribution in [0.5, 0.6) is 0 Å². The molecule has 0 fully saturated rings. The minimum Gasteiger partial charge on any atom is -0.216 e. The van der Waals surface area contributed by atoms with E-state index in [1.54, 1.807) is 0 Å². The average Bonchev–Trinajstić information content (AvgIpc) is 2.98. The molecule has 0 unspecified atom stereocenters. The molecule has 0 atom stereocenters. The van der Waals surface area contributed by atoms with Crippen molar-refractivity contribution in [2.45, 2.75) is 19.8 Å². The van der Waals surface area contributed by atoms with Crippen LogP contribution < -0.4 is 0 Å². The Morgan fingerprint density at radius 2 is 2.10 bits per heavy atom. The Kier molecular flexibility index (Phi) is 3.18. The quantitative estimate of drug-likeness (QED) is 0.725. The van der Waals surface area contributed by atoms with Gasteiger partial charge in [0.2, 0.25) is 4.96 Å². The van der Waals surface area contributed by atoms with Crippen molar-refractivity contribution in [1.29, 1.82) is 5.26 Å². The third-order valence-electron chi connectivity index (χ3n) is 3.00. The minimum absolute atomic E-state index is 0.0321. The van der Waals surface area contributed by atoms with Crippen molar-refractivity contribution in [2.24, 2.45) is 0 Å². The van der Waals surface area contributed by atoms with Crippen LogP contribution in [0, 0.1) is 23.0 Å². The Bertz CT molecular complexity index is 873. The fourth-order valence-electron chi connectivity index (χ4n) is 1.96. The molecule has 106 valence electrons. The summed E-state index contributed by atoms with van der Waals surface area (Å²) in [5, 5.41) is 14.5. The van der Waals surface area contributed by atoms with Crippen LogP contribution in [0.3, 0.4) is 0 Å². The van der Waals surface area contributed by atoms with Crippen molar-refractivity contribution in [1.82, 2.24) is 14.6 Å². The number of hydrogen-bond donors (Lipinski definition) is 0. The molecule has 0 spiro atoms. The predicted molar refractivity (Wildman–Crippen MR) is 75.0 cm³/mol. The number of benzene rings is 1. The van der Waals surface area contributed by atoms with Crippen molar-refractivity contribution in [2.75, 3.05) is 0 Å². The van der Waals surface area contributed by atoms with Gasteiger partial charge in [-0.3, -0.25) is 0 Å². The molecule has 7 heteroatoms. The van der Waals surface area contributed by atoms with Crippen molar-refractivity contribution in [3.63, 3.8) is 0 Å². The molecule has 21 heavy (non-hydrogen) atoms. The number of nitrogens with zero attached hydrogens (tertiary/aromatic N) is 4. The van der Waals surface area contributed by atoms with Crippen LogP contribution in [-0.4, -0.2) is 14.6 Å². The van der Waals surface area contributed by atoms with Crippen LogP contribution in [0.1, 0.15) is 30.5 Å². The maximum Gasteiger partial charge on any atom is 0.214 e. The summed E-state index contributed by atoms with van der Waals surface area (Å²) in [7, 11) is 0. The Balaban J connectivity index is 2.26. The molecule has 3 aromatic rings. The van der Waals surface area contributed by atoms with Gasteiger partial charge in [-0.1, -0.05) is 25.2 Å². The lowest BCUT2D eigenvalue weighted by Crippen LogP contribution is -1.95. The maximum absolute atomic E-state index is 13.9. The van der Waals surface area contributed by atoms with E-state index in [0.717, 1.165) is 23.2 Å². The maximum atomic E-state index is 13.9. The molecule has 1 aromatic carbocycles. The highest BCUT2D eigenvalue weighted by Gasteiger charge is 2.21. The summed E-state index contributed by atoms with van der Waals surface area (Å²) < 4.78 is 28.6. The molecule has 0 radical (unpaired) electrons. The van der Waals surface area contributed by atoms with Crippen molar-refractivity contribution >= 4 is 16.3 Å². The zero-order chi connectivity index (χ0) is 15.1. The molecule has 0 aliphatic heterocycles. The summed E-state index contributed by atoms with van der Waals surface area (Å²) in [5.41, 5.74) is 0.191. The van der Waals surface area contributed by atoms with Gasteiger partial charge in [0.25, 0.3) is 0 Å². The van der Waals surface area contributed by atoms with Gasteiger partial charge in [0.15, 0.2) is 5.69 Å². The van der Waals surface area contributed by atoms with E-state index in [4.69, 9.17) is 0 Å². The third kappa shape index (κ3) is 2.17. The average molecular weight is 304 g/mol. The molecule has 0 bridgehead atoms. The zero-order valence-electron chi connectivity index (χ0n) is 11.3. The van der Waals surface area contributed by atoms with Crippen molar-refractivity contribution in [3.8, 4) is 17.3 Å². The largest absolute Gasteiger partial charge is 0.216 e. The Labute approximate surface area is 123 Å². The summed E-state index contributed by atoms with van der Waals surface area (Å²) in [6.07, 6.45) is 0. The van der Waals surface area contributed by atoms with Gasteiger partial charge < -0.3 is 0 Å². The van der Waals surface area contributed by atoms with Crippen LogP contribution in [0.15, 0.2) is 18.2 Å². The second-order valence-corrected chi connectivity index (χ2v) is 5.82. The fraction of sp³-hybridized carbons (Fsp3) is 0.214. The lowest BCUT2D eigenvalue weighted by atomic mass is 10.1. The molecule has 2 aromatic heterocycles. The summed E-state index contributed by atoms with van der Waals surface area (Å²) >= 11 is 1.33. The minimum atomic E-state index is -0.622. The topological polar surface area (TPSA) is 54.0 Å². The van der Waals surface area contributed by atoms with E-state index in [1.807, 2.05) is 19.9 Å². The molecular formula is C14H10F2N4S. The first-order chi connectivity index (χ1) is 10.0. The molecule has 2 heterocycles. The molecule has 0 N–H and O–H groups in total. The second-order valence-electron chi connectivity index (χ2n) is 4.83. The summed E-state index contributed by atoms with van der Waals surface area (Å²) in [6.45, 7) is 3.97. The number of aromatic nitrogens is 3. The van der Waals surface area contributed by atoms with E-state index >= 15 is 0 Å². The van der Waals surface area contributed by atoms with E-state index in [-0.39, 0.29) is 22.9 Å². The summed E-state index contributed by atoms with van der Waals surface area (Å²) in [4.78, 5) is 4.74. The number of fused-ring (bicyclic) bond motifs is 1. The van der Waals surface area contributed by atoms with Gasteiger partial charge in [0, 0.05) is 11.5 Å². The molecule has 0 saturated carbocycles. The first kappa shape index (κ1) is 13.6. The van der Waals surface area contributed by atoms with Crippen LogP contribution in [0.25, 0.3) is 16.2 Å². The van der Waals surface area contributed by atoms with Crippen LogP contribution in [0.2, 0.25) is 0 Å². The molecule has 0 saturated heterocycles. The summed E-state index contributed by atoms with van der Waals surface area (Å²) in [5.74, 6) is -0.997. The van der Waals surface area contributed by atoms with Crippen LogP contribution >= 0.6 is 11.3 Å². The first-order valence-corrected chi connectivity index (χ1v) is 7.08. The highest BCUT2D eigenvalue weighted by atomic mass is 32.1. The molecule has 0 amide bonds. The van der Waals surface area contributed by atoms with E-state index in [2.05, 4.69) is 10.1 Å². The van der Waals surface area contributed by atoms with E-state index in [1.165, 1.54) is 15.9 Å². The smallest absolute Gasteiger partial charge is 0.214 e. The van der Waals surface area contributed by atoms with Crippen molar-refractivity contribution in [3.05, 3.63) is 40.5 Å². The van der Waals surface area contributed by atoms with E-state index in [9.17, 15) is 14.0 Å². The highest BCUT2D eigenvalue weighted by Crippen LogP contribution is 2.30. The molecule has 4 nitrogen and oxygen atoms in total. The van der Waals surface area contributed by atoms with Gasteiger partial charge in [0.05, 0.1) is 0 Å². The number of hydrogen-bond acceptors (Lipinski definition) is 4. The molecular weight excluding hydrogens is 294 g/mol. The van der Waals surface area contributed by atoms with Gasteiger partial charge in [-0.2, -0.15) is 14.9 Å².